The van der Waals surface area contributed by atoms with Crippen molar-refractivity contribution in [1.29, 1.82) is 0 Å². The second-order valence-electron chi connectivity index (χ2n) is 17.7. The fourth-order valence-electron chi connectivity index (χ4n) is 9.29. The number of nitrogens with one attached hydrogen (secondary N) is 2. The number of carboxylic acids is 1. The summed E-state index contributed by atoms with van der Waals surface area (Å²) in [6, 6.07) is -1.42. The third-order valence-electron chi connectivity index (χ3n) is 12.7. The van der Waals surface area contributed by atoms with Crippen LogP contribution in [0.25, 0.3) is 0 Å². The van der Waals surface area contributed by atoms with Gasteiger partial charge in [-0.3, -0.25) is 23.5 Å². The minimum atomic E-state index is -5.41. The fraction of sp³-hybridized carbons (Fsp3) is 0.900. The molecule has 2 amide bonds. The Bertz CT molecular complexity index is 1870. The maximum absolute atomic E-state index is 14.0. The largest absolute Gasteiger partial charge is 0.479 e. The number of ketones is 1. The van der Waals surface area contributed by atoms with E-state index in [-0.39, 0.29) is 50.4 Å². The molecule has 0 aromatic carbocycles. The van der Waals surface area contributed by atoms with E-state index in [9.17, 15) is 71.2 Å². The Hall–Kier alpha value is -2.62. The van der Waals surface area contributed by atoms with Crippen molar-refractivity contribution in [2.45, 2.75) is 183 Å². The van der Waals surface area contributed by atoms with Crippen LogP contribution in [-0.4, -0.2) is 199 Å². The van der Waals surface area contributed by atoms with Crippen LogP contribution in [0.15, 0.2) is 0 Å². The van der Waals surface area contributed by atoms with E-state index in [1.165, 1.54) is 6.92 Å². The Morgan fingerprint density at radius 2 is 1.50 bits per heavy atom. The molecule has 26 nitrogen and oxygen atoms in total. The van der Waals surface area contributed by atoms with Crippen LogP contribution >= 0.6 is 0 Å². The molecule has 0 aromatic rings. The lowest BCUT2D eigenvalue weighted by molar-refractivity contribution is -0.338. The van der Waals surface area contributed by atoms with Gasteiger partial charge in [0.1, 0.15) is 54.6 Å². The number of carbonyl (C=O) groups excluding carboxylic acids is 3. The summed E-state index contributed by atoms with van der Waals surface area (Å²) in [5, 5.41) is 68.9. The van der Waals surface area contributed by atoms with E-state index in [1.54, 1.807) is 6.92 Å². The predicted molar refractivity (Wildman–Crippen MR) is 227 cm³/mol. The van der Waals surface area contributed by atoms with Gasteiger partial charge in [-0.25, -0.2) is 13.2 Å². The molecule has 6 unspecified atom stereocenters. The number of amides is 2. The second kappa shape index (κ2) is 26.2. The van der Waals surface area contributed by atoms with Crippen LogP contribution in [0.5, 0.6) is 0 Å². The molecule has 68 heavy (non-hydrogen) atoms. The van der Waals surface area contributed by atoms with Crippen molar-refractivity contribution < 1.29 is 113 Å². The first-order valence-electron chi connectivity index (χ1n) is 22.6. The highest BCUT2D eigenvalue weighted by atomic mass is 32.3. The summed E-state index contributed by atoms with van der Waals surface area (Å²) in [6.07, 6.45) is -17.6. The Labute approximate surface area is 394 Å². The van der Waals surface area contributed by atoms with Crippen molar-refractivity contribution in [1.82, 2.24) is 10.6 Å². The quantitative estimate of drug-likeness (QED) is 0.0346. The van der Waals surface area contributed by atoms with Crippen LogP contribution < -0.4 is 10.6 Å². The Morgan fingerprint density at radius 1 is 0.838 bits per heavy atom. The number of Topliss-reactive ketones (excluding diaryl/α,β-unsaturated/α-hetero) is 1. The third-order valence-corrected chi connectivity index (χ3v) is 13.7. The van der Waals surface area contributed by atoms with Gasteiger partial charge < -0.3 is 69.7 Å². The smallest absolute Gasteiger partial charge is 0.398 e. The minimum Gasteiger partial charge on any atom is -0.479 e. The minimum absolute atomic E-state index is 0.00943. The standard InChI is InChI=1S/C40H68N2O24S2/c1-5-22-15-23(24(45)12-9-13-41-37(50)35(66-68(56,57)58)28(18-59-4)65-67(53,54)55)16-25(34(22)64-40-33(49)32(48)30(46)19(2)60-40)62-39-29(42-20(3)44)36(31(47)27(17-43)63-39)61-26(38(51)52)14-21-10-7-6-8-11-21/h19,21-23,25-36,39-40,43,46-49H,5-18H2,1-4H3,(H,41,50)(H,42,44)(H,51,52)(H,53,54,55)(H,56,57,58)/t19?,22?,23?,25-,26+,27+,28-,29?,30-,31+,32+,33?,34-,35+,36?,39-,40+/m1/s1. The van der Waals surface area contributed by atoms with Gasteiger partial charge in [0.05, 0.1) is 31.5 Å². The molecule has 4 aliphatic rings. The number of ether oxygens (including phenoxy) is 6. The zero-order valence-electron chi connectivity index (χ0n) is 38.2. The summed E-state index contributed by atoms with van der Waals surface area (Å²) in [5.74, 6) is -5.11. The zero-order valence-corrected chi connectivity index (χ0v) is 39.9. The van der Waals surface area contributed by atoms with Crippen LogP contribution in [0.4, 0.5) is 0 Å². The Balaban J connectivity index is 1.61. The van der Waals surface area contributed by atoms with Crippen molar-refractivity contribution in [2.24, 2.45) is 17.8 Å². The number of carboxylic acid groups (broad SMARTS) is 1. The number of hydrogen-bond donors (Lipinski definition) is 10. The highest BCUT2D eigenvalue weighted by Crippen LogP contribution is 2.40. The number of rotatable bonds is 25. The SMILES string of the molecule is CCC1CC(C(=O)CCCNC(=O)[C@@H](OS(=O)(=O)O)[C@@H](COC)OS(=O)(=O)O)C[C@@H](O[C@@H]2O[C@@H](CO)[C@H](O)C(O[C@@H](CC3CCCCC3)C(=O)O)C2NC(C)=O)[C@@H]1O[C@@H]1OC(C)[C@@H](O)[C@H](O)C1O. The van der Waals surface area contributed by atoms with Crippen LogP contribution in [-0.2, 0) is 76.8 Å². The number of aliphatic carboxylic acids is 1. The third kappa shape index (κ3) is 16.7. The molecule has 2 saturated carbocycles. The number of hydrogen-bond acceptors (Lipinski definition) is 21. The molecular formula is C40H68N2O24S2. The normalized spacial score (nSPS) is 34.3. The first-order valence-corrected chi connectivity index (χ1v) is 25.3. The number of aliphatic hydroxyl groups excluding tert-OH is 5. The first-order chi connectivity index (χ1) is 31.9. The van der Waals surface area contributed by atoms with Crippen LogP contribution in [0.1, 0.15) is 91.4 Å². The number of methoxy groups -OCH3 is 1. The Morgan fingerprint density at radius 3 is 2.07 bits per heavy atom. The molecule has 2 saturated heterocycles. The molecule has 10 N–H and O–H groups in total. The first kappa shape index (κ1) is 58.0. The van der Waals surface area contributed by atoms with Gasteiger partial charge in [-0.05, 0) is 44.4 Å². The fourth-order valence-corrected chi connectivity index (χ4v) is 10.2. The van der Waals surface area contributed by atoms with Gasteiger partial charge >= 0.3 is 26.8 Å². The average molecular weight is 1030 g/mol. The van der Waals surface area contributed by atoms with Crippen molar-refractivity contribution in [3.05, 3.63) is 0 Å². The van der Waals surface area contributed by atoms with Gasteiger partial charge in [0.2, 0.25) is 5.91 Å². The molecule has 0 spiro atoms. The monoisotopic (exact) mass is 1020 g/mol. The number of carbonyl (C=O) groups is 4. The van der Waals surface area contributed by atoms with Gasteiger partial charge in [-0.15, -0.1) is 0 Å². The maximum atomic E-state index is 14.0. The highest BCUT2D eigenvalue weighted by molar-refractivity contribution is 7.81. The van der Waals surface area contributed by atoms with Crippen molar-refractivity contribution in [3.63, 3.8) is 0 Å². The van der Waals surface area contributed by atoms with Gasteiger partial charge in [0, 0.05) is 32.9 Å². The summed E-state index contributed by atoms with van der Waals surface area (Å²) in [5.41, 5.74) is 0. The molecule has 17 atom stereocenters. The van der Waals surface area contributed by atoms with Gasteiger partial charge in [0.25, 0.3) is 5.91 Å². The van der Waals surface area contributed by atoms with E-state index in [0.717, 1.165) is 46.1 Å². The molecule has 4 rings (SSSR count). The zero-order chi connectivity index (χ0) is 50.7. The molecule has 2 aliphatic heterocycles. The van der Waals surface area contributed by atoms with Gasteiger partial charge in [-0.1, -0.05) is 45.4 Å². The summed E-state index contributed by atoms with van der Waals surface area (Å²) in [7, 11) is -9.68. The lowest BCUT2D eigenvalue weighted by Gasteiger charge is -2.49. The van der Waals surface area contributed by atoms with E-state index in [4.69, 9.17) is 33.0 Å². The molecule has 4 fully saturated rings. The van der Waals surface area contributed by atoms with Crippen molar-refractivity contribution >= 4 is 44.4 Å². The lowest BCUT2D eigenvalue weighted by Crippen LogP contribution is -2.67. The summed E-state index contributed by atoms with van der Waals surface area (Å²) in [6.45, 7) is 2.39. The molecule has 2 heterocycles. The van der Waals surface area contributed by atoms with Crippen molar-refractivity contribution in [2.75, 3.05) is 26.9 Å². The summed E-state index contributed by atoms with van der Waals surface area (Å²) < 4.78 is 109. The molecule has 0 radical (unpaired) electrons. The van der Waals surface area contributed by atoms with Crippen LogP contribution in [0.3, 0.4) is 0 Å². The second-order valence-corrected chi connectivity index (χ2v) is 19.8. The summed E-state index contributed by atoms with van der Waals surface area (Å²) in [4.78, 5) is 52.4. The molecule has 28 heteroatoms. The average Bonchev–Trinajstić information content (AvgIpc) is 3.26. The number of aliphatic hydroxyl groups is 5. The summed E-state index contributed by atoms with van der Waals surface area (Å²) >= 11 is 0. The van der Waals surface area contributed by atoms with E-state index in [1.807, 2.05) is 0 Å². The van der Waals surface area contributed by atoms with E-state index < -0.39 is 156 Å². The van der Waals surface area contributed by atoms with E-state index >= 15 is 0 Å². The highest BCUT2D eigenvalue weighted by Gasteiger charge is 2.53. The van der Waals surface area contributed by atoms with E-state index in [2.05, 4.69) is 19.0 Å². The van der Waals surface area contributed by atoms with Crippen LogP contribution in [0, 0.1) is 17.8 Å². The van der Waals surface area contributed by atoms with Crippen molar-refractivity contribution in [3.8, 4) is 0 Å². The topological polar surface area (TPSA) is 396 Å². The van der Waals surface area contributed by atoms with Gasteiger partial charge in [0.15, 0.2) is 24.8 Å². The predicted octanol–water partition coefficient (Wildman–Crippen LogP) is -2.10. The molecule has 2 aliphatic carbocycles. The van der Waals surface area contributed by atoms with E-state index in [0.29, 0.717) is 6.42 Å². The Kier molecular flexibility index (Phi) is 22.3. The molecule has 0 bridgehead atoms. The molecule has 394 valence electrons. The molecule has 0 aromatic heterocycles. The maximum Gasteiger partial charge on any atom is 0.398 e. The van der Waals surface area contributed by atoms with Gasteiger partial charge in [-0.2, -0.15) is 16.8 Å². The molecular weight excluding hydrogens is 957 g/mol. The lowest BCUT2D eigenvalue weighted by atomic mass is 9.74. The van der Waals surface area contributed by atoms with Crippen LogP contribution in [0.2, 0.25) is 0 Å².